The van der Waals surface area contributed by atoms with E-state index >= 15 is 0 Å². The van der Waals surface area contributed by atoms with E-state index < -0.39 is 59.6 Å². The van der Waals surface area contributed by atoms with E-state index in [1.807, 2.05) is 0 Å². The first-order chi connectivity index (χ1) is 16.6. The molecule has 0 aromatic carbocycles. The number of nitrogens with zero attached hydrogens (tertiary/aromatic N) is 2. The van der Waals surface area contributed by atoms with Crippen LogP contribution in [-0.4, -0.2) is 84.2 Å². The molecule has 3 amide bonds. The second-order valence-corrected chi connectivity index (χ2v) is 8.79. The molecule has 0 saturated carbocycles. The number of ether oxygens (including phenoxy) is 3. The van der Waals surface area contributed by atoms with Crippen LogP contribution in [0.2, 0.25) is 0 Å². The molecule has 2 saturated heterocycles. The van der Waals surface area contributed by atoms with E-state index in [0.29, 0.717) is 0 Å². The van der Waals surface area contributed by atoms with Gasteiger partial charge in [-0.1, -0.05) is 5.16 Å². The molecule has 0 spiro atoms. The van der Waals surface area contributed by atoms with E-state index in [-0.39, 0.29) is 23.8 Å². The molecule has 0 bridgehead atoms. The van der Waals surface area contributed by atoms with E-state index in [4.69, 9.17) is 29.2 Å². The van der Waals surface area contributed by atoms with Crippen molar-refractivity contribution in [2.45, 2.75) is 31.6 Å². The van der Waals surface area contributed by atoms with Gasteiger partial charge >= 0.3 is 18.0 Å². The second-order valence-electron chi connectivity index (χ2n) is 7.69. The summed E-state index contributed by atoms with van der Waals surface area (Å²) in [6, 6.07) is 2.17. The molecule has 14 nitrogen and oxygen atoms in total. The van der Waals surface area contributed by atoms with Crippen LogP contribution in [0.3, 0.4) is 0 Å². The summed E-state index contributed by atoms with van der Waals surface area (Å²) in [7, 11) is 1.26. The number of carbonyl (C=O) groups excluding carboxylic acids is 5. The standard InChI is InChI=1S/C20H24N4O10S/c1-10(25)33-11(2)34-18(28)20(8-32-19(21)29)7-24-16(27)14(17(24)35-9-20)22-15(26)13(23-30-3)12-5-4-6-31-12/h4-6,11,14,17H,7-9H2,1-3H3,(H2,21,29)(H,22,26)/t11?,14-,17-,20?/m1/s1. The van der Waals surface area contributed by atoms with Gasteiger partial charge in [0.25, 0.3) is 5.91 Å². The quantitative estimate of drug-likeness (QED) is 0.143. The highest BCUT2D eigenvalue weighted by molar-refractivity contribution is 8.00. The summed E-state index contributed by atoms with van der Waals surface area (Å²) in [4.78, 5) is 66.9. The van der Waals surface area contributed by atoms with Gasteiger partial charge in [0.2, 0.25) is 17.9 Å². The van der Waals surface area contributed by atoms with E-state index in [9.17, 15) is 24.0 Å². The summed E-state index contributed by atoms with van der Waals surface area (Å²) < 4.78 is 20.1. The van der Waals surface area contributed by atoms with E-state index in [2.05, 4.69) is 10.5 Å². The van der Waals surface area contributed by atoms with Crippen molar-refractivity contribution >= 4 is 47.3 Å². The molecule has 2 aliphatic rings. The Morgan fingerprint density at radius 1 is 1.37 bits per heavy atom. The van der Waals surface area contributed by atoms with Crippen LogP contribution in [0.15, 0.2) is 28.0 Å². The zero-order valence-corrected chi connectivity index (χ0v) is 19.9. The molecule has 35 heavy (non-hydrogen) atoms. The maximum atomic E-state index is 13.0. The average Bonchev–Trinajstić information content (AvgIpc) is 3.33. The summed E-state index contributed by atoms with van der Waals surface area (Å²) in [6.45, 7) is 1.86. The monoisotopic (exact) mass is 512 g/mol. The molecule has 15 heteroatoms. The van der Waals surface area contributed by atoms with Crippen LogP contribution in [0.4, 0.5) is 4.79 Å². The molecule has 0 radical (unpaired) electrons. The number of oxime groups is 1. The molecule has 4 atom stereocenters. The molecule has 3 rings (SSSR count). The Bertz CT molecular complexity index is 1030. The van der Waals surface area contributed by atoms with Crippen molar-refractivity contribution in [3.8, 4) is 0 Å². The van der Waals surface area contributed by atoms with Crippen LogP contribution in [0, 0.1) is 5.41 Å². The fourth-order valence-corrected chi connectivity index (χ4v) is 5.07. The summed E-state index contributed by atoms with van der Waals surface area (Å²) in [5.41, 5.74) is 3.44. The topological polar surface area (TPSA) is 189 Å². The second kappa shape index (κ2) is 10.7. The zero-order valence-electron chi connectivity index (χ0n) is 19.0. The van der Waals surface area contributed by atoms with Gasteiger partial charge in [0.15, 0.2) is 5.76 Å². The summed E-state index contributed by atoms with van der Waals surface area (Å²) >= 11 is 1.17. The summed E-state index contributed by atoms with van der Waals surface area (Å²) in [6.07, 6.45) is -0.955. The zero-order chi connectivity index (χ0) is 25.8. The number of primary amides is 1. The van der Waals surface area contributed by atoms with Crippen molar-refractivity contribution in [2.75, 3.05) is 26.0 Å². The van der Waals surface area contributed by atoms with Crippen LogP contribution in [-0.2, 0) is 38.2 Å². The third-order valence-electron chi connectivity index (χ3n) is 5.11. The van der Waals surface area contributed by atoms with Gasteiger partial charge in [-0.3, -0.25) is 19.2 Å². The van der Waals surface area contributed by atoms with Gasteiger partial charge in [0.05, 0.1) is 6.26 Å². The molecule has 3 heterocycles. The molecule has 3 N–H and O–H groups in total. The predicted octanol–water partition coefficient (Wildman–Crippen LogP) is -0.436. The van der Waals surface area contributed by atoms with Gasteiger partial charge in [0.1, 0.15) is 30.5 Å². The Kier molecular flexibility index (Phi) is 7.89. The lowest BCUT2D eigenvalue weighted by molar-refractivity contribution is -0.193. The van der Waals surface area contributed by atoms with Crippen molar-refractivity contribution in [1.29, 1.82) is 0 Å². The summed E-state index contributed by atoms with van der Waals surface area (Å²) in [5.74, 6) is -2.46. The maximum absolute atomic E-state index is 13.0. The Morgan fingerprint density at radius 2 is 2.11 bits per heavy atom. The van der Waals surface area contributed by atoms with Crippen molar-refractivity contribution < 1.29 is 47.4 Å². The van der Waals surface area contributed by atoms with Crippen LogP contribution >= 0.6 is 11.8 Å². The van der Waals surface area contributed by atoms with Crippen molar-refractivity contribution in [2.24, 2.45) is 16.3 Å². The smallest absolute Gasteiger partial charge is 0.404 e. The van der Waals surface area contributed by atoms with E-state index in [0.717, 1.165) is 6.92 Å². The highest BCUT2D eigenvalue weighted by atomic mass is 32.2. The minimum Gasteiger partial charge on any atom is -0.462 e. The molecule has 190 valence electrons. The van der Waals surface area contributed by atoms with Crippen LogP contribution in [0.5, 0.6) is 0 Å². The van der Waals surface area contributed by atoms with E-state index in [1.54, 1.807) is 6.07 Å². The number of fused-ring (bicyclic) bond motifs is 1. The number of carbonyl (C=O) groups is 5. The molecular weight excluding hydrogens is 488 g/mol. The van der Waals surface area contributed by atoms with Gasteiger partial charge in [-0.25, -0.2) is 4.79 Å². The number of hydrogen-bond acceptors (Lipinski definition) is 12. The lowest BCUT2D eigenvalue weighted by atomic mass is 9.88. The number of furan rings is 1. The summed E-state index contributed by atoms with van der Waals surface area (Å²) in [5, 5.41) is 5.76. The van der Waals surface area contributed by atoms with Gasteiger partial charge in [-0.05, 0) is 12.1 Å². The fourth-order valence-electron chi connectivity index (χ4n) is 3.55. The normalized spacial score (nSPS) is 24.4. The molecule has 2 fully saturated rings. The number of amides is 3. The Labute approximate surface area is 203 Å². The average molecular weight is 512 g/mol. The SMILES string of the molecule is CON=C(C(=O)N[C@@H]1C(=O)N2CC(COC(N)=O)(C(=O)OC(C)OC(C)=O)CS[C@H]12)c1ccco1. The maximum Gasteiger partial charge on any atom is 0.404 e. The number of esters is 2. The van der Waals surface area contributed by atoms with Crippen LogP contribution in [0.25, 0.3) is 0 Å². The Morgan fingerprint density at radius 3 is 2.71 bits per heavy atom. The molecule has 1 aromatic heterocycles. The van der Waals surface area contributed by atoms with Crippen molar-refractivity contribution in [3.63, 3.8) is 0 Å². The van der Waals surface area contributed by atoms with Gasteiger partial charge < -0.3 is 39.4 Å². The third kappa shape index (κ3) is 5.67. The molecule has 2 aliphatic heterocycles. The van der Waals surface area contributed by atoms with Crippen LogP contribution in [0.1, 0.15) is 19.6 Å². The first-order valence-corrected chi connectivity index (χ1v) is 11.3. The Balaban J connectivity index is 1.71. The first-order valence-electron chi connectivity index (χ1n) is 10.3. The number of rotatable bonds is 9. The minimum absolute atomic E-state index is 0.0594. The van der Waals surface area contributed by atoms with Gasteiger partial charge in [0, 0.05) is 26.1 Å². The van der Waals surface area contributed by atoms with Crippen molar-refractivity contribution in [3.05, 3.63) is 24.2 Å². The van der Waals surface area contributed by atoms with Crippen LogP contribution < -0.4 is 11.1 Å². The third-order valence-corrected chi connectivity index (χ3v) is 6.70. The Hall–Kier alpha value is -3.75. The molecule has 1 aromatic rings. The predicted molar refractivity (Wildman–Crippen MR) is 117 cm³/mol. The number of thioether (sulfide) groups is 1. The molecule has 2 unspecified atom stereocenters. The van der Waals surface area contributed by atoms with E-state index in [1.165, 1.54) is 43.0 Å². The lowest BCUT2D eigenvalue weighted by Crippen LogP contribution is -2.74. The van der Waals surface area contributed by atoms with Gasteiger partial charge in [-0.2, -0.15) is 0 Å². The molecular formula is C20H24N4O10S. The largest absolute Gasteiger partial charge is 0.462 e. The fraction of sp³-hybridized carbons (Fsp3) is 0.500. The number of hydrogen-bond donors (Lipinski definition) is 2. The van der Waals surface area contributed by atoms with Crippen molar-refractivity contribution in [1.82, 2.24) is 10.2 Å². The molecule has 0 aliphatic carbocycles. The number of β-lactam (4-membered cyclic amide) rings is 1. The number of nitrogens with one attached hydrogen (secondary N) is 1. The first kappa shape index (κ1) is 25.9. The minimum atomic E-state index is -1.47. The highest BCUT2D eigenvalue weighted by Crippen LogP contribution is 2.43. The lowest BCUT2D eigenvalue weighted by Gasteiger charge is -2.53. The highest BCUT2D eigenvalue weighted by Gasteiger charge is 2.58. The number of nitrogens with two attached hydrogens (primary N) is 1. The van der Waals surface area contributed by atoms with Gasteiger partial charge in [-0.15, -0.1) is 11.8 Å².